The average Bonchev–Trinajstić information content (AvgIpc) is 2.59. The number of unbranched alkanes of at least 4 members (excludes halogenated alkanes) is 1. The minimum absolute atomic E-state index is 0.220. The van der Waals surface area contributed by atoms with Crippen molar-refractivity contribution >= 4 is 11.9 Å². The third-order valence-electron chi connectivity index (χ3n) is 4.21. The lowest BCUT2D eigenvalue weighted by Gasteiger charge is -2.34. The molecule has 2 rings (SSSR count). The monoisotopic (exact) mass is 350 g/mol. The Hall–Kier alpha value is -2.28. The molecule has 1 heterocycles. The Labute approximate surface area is 147 Å². The van der Waals surface area contributed by atoms with Crippen LogP contribution >= 0.6 is 0 Å². The number of hydrogen-bond acceptors (Lipinski definition) is 5. The number of nitrogens with zero attached hydrogens (tertiary/aromatic N) is 1. The molecule has 0 radical (unpaired) electrons. The maximum absolute atomic E-state index is 12.1. The molecule has 1 aliphatic heterocycles. The zero-order chi connectivity index (χ0) is 18.2. The van der Waals surface area contributed by atoms with Gasteiger partial charge in [0.2, 0.25) is 5.91 Å². The summed E-state index contributed by atoms with van der Waals surface area (Å²) in [5.74, 6) is 0.0745. The molecule has 1 aromatic carbocycles. The number of para-hydroxylation sites is 1. The first-order chi connectivity index (χ1) is 12.1. The number of aliphatic carboxylic acids is 1. The van der Waals surface area contributed by atoms with E-state index in [0.29, 0.717) is 37.7 Å². The van der Waals surface area contributed by atoms with Crippen LogP contribution in [-0.2, 0) is 16.1 Å². The minimum Gasteiger partial charge on any atom is -0.493 e. The van der Waals surface area contributed by atoms with E-state index in [0.717, 1.165) is 18.4 Å². The van der Waals surface area contributed by atoms with Gasteiger partial charge in [-0.1, -0.05) is 25.5 Å². The number of ether oxygens (including phenoxy) is 2. The van der Waals surface area contributed by atoms with E-state index in [9.17, 15) is 9.59 Å². The van der Waals surface area contributed by atoms with Gasteiger partial charge in [0.25, 0.3) is 0 Å². The number of hydrogen-bond donors (Lipinski definition) is 2. The molecule has 1 atom stereocenters. The van der Waals surface area contributed by atoms with Crippen LogP contribution in [0.4, 0.5) is 0 Å². The van der Waals surface area contributed by atoms with Crippen LogP contribution in [0.1, 0.15) is 31.7 Å². The van der Waals surface area contributed by atoms with E-state index in [4.69, 9.17) is 14.6 Å². The molecule has 1 aliphatic rings. The predicted octanol–water partition coefficient (Wildman–Crippen LogP) is 1.65. The van der Waals surface area contributed by atoms with Crippen molar-refractivity contribution in [2.45, 2.75) is 38.8 Å². The molecule has 2 N–H and O–H groups in total. The number of nitrogens with one attached hydrogen (secondary N) is 1. The highest BCUT2D eigenvalue weighted by Crippen LogP contribution is 2.32. The van der Waals surface area contributed by atoms with Crippen molar-refractivity contribution in [2.75, 3.05) is 26.8 Å². The highest BCUT2D eigenvalue weighted by atomic mass is 16.5. The molecule has 1 unspecified atom stereocenters. The molecule has 1 fully saturated rings. The van der Waals surface area contributed by atoms with Gasteiger partial charge in [-0.05, 0) is 12.5 Å². The number of piperazine rings is 1. The Morgan fingerprint density at radius 1 is 1.44 bits per heavy atom. The number of rotatable bonds is 9. The van der Waals surface area contributed by atoms with Gasteiger partial charge in [0.1, 0.15) is 6.04 Å². The minimum atomic E-state index is -0.989. The Bertz CT molecular complexity index is 605. The van der Waals surface area contributed by atoms with Crippen LogP contribution in [0.2, 0.25) is 0 Å². The Kier molecular flexibility index (Phi) is 7.06. The number of carboxylic acids is 1. The van der Waals surface area contributed by atoms with Crippen LogP contribution in [0.5, 0.6) is 11.5 Å². The molecule has 0 bridgehead atoms. The summed E-state index contributed by atoms with van der Waals surface area (Å²) in [6.07, 6.45) is 1.74. The number of benzene rings is 1. The van der Waals surface area contributed by atoms with Crippen molar-refractivity contribution < 1.29 is 24.2 Å². The van der Waals surface area contributed by atoms with Crippen molar-refractivity contribution in [3.63, 3.8) is 0 Å². The summed E-state index contributed by atoms with van der Waals surface area (Å²) in [6, 6.07) is 4.95. The van der Waals surface area contributed by atoms with Gasteiger partial charge in [0.15, 0.2) is 11.5 Å². The van der Waals surface area contributed by atoms with E-state index in [1.165, 1.54) is 0 Å². The fourth-order valence-corrected chi connectivity index (χ4v) is 2.89. The zero-order valence-electron chi connectivity index (χ0n) is 14.8. The van der Waals surface area contributed by atoms with E-state index in [1.807, 2.05) is 23.1 Å². The molecule has 1 saturated heterocycles. The van der Waals surface area contributed by atoms with E-state index < -0.39 is 12.0 Å². The lowest BCUT2D eigenvalue weighted by Crippen LogP contribution is -2.55. The second kappa shape index (κ2) is 9.27. The van der Waals surface area contributed by atoms with Gasteiger partial charge in [-0.15, -0.1) is 0 Å². The normalized spacial score (nSPS) is 17.8. The summed E-state index contributed by atoms with van der Waals surface area (Å²) >= 11 is 0. The fourth-order valence-electron chi connectivity index (χ4n) is 2.89. The van der Waals surface area contributed by atoms with Gasteiger partial charge in [-0.3, -0.25) is 14.5 Å². The zero-order valence-corrected chi connectivity index (χ0v) is 14.8. The first-order valence-corrected chi connectivity index (χ1v) is 8.59. The third-order valence-corrected chi connectivity index (χ3v) is 4.21. The molecule has 25 heavy (non-hydrogen) atoms. The van der Waals surface area contributed by atoms with Gasteiger partial charge in [0.05, 0.1) is 20.1 Å². The van der Waals surface area contributed by atoms with Crippen molar-refractivity contribution in [1.29, 1.82) is 0 Å². The van der Waals surface area contributed by atoms with Gasteiger partial charge < -0.3 is 19.9 Å². The number of carboxylic acid groups (broad SMARTS) is 1. The van der Waals surface area contributed by atoms with Gasteiger partial charge in [-0.2, -0.15) is 0 Å². The lowest BCUT2D eigenvalue weighted by molar-refractivity contribution is -0.143. The summed E-state index contributed by atoms with van der Waals surface area (Å²) in [5, 5.41) is 11.8. The third kappa shape index (κ3) is 5.09. The highest BCUT2D eigenvalue weighted by Gasteiger charge is 2.32. The van der Waals surface area contributed by atoms with Crippen molar-refractivity contribution in [3.8, 4) is 11.5 Å². The highest BCUT2D eigenvalue weighted by molar-refractivity contribution is 5.86. The molecule has 1 aromatic rings. The van der Waals surface area contributed by atoms with Crippen LogP contribution in [0, 0.1) is 0 Å². The SMILES string of the molecule is CCCCOc1c(CN2CCNC(=O)C2CC(=O)O)cccc1OC. The van der Waals surface area contributed by atoms with Gasteiger partial charge in [-0.25, -0.2) is 0 Å². The summed E-state index contributed by atoms with van der Waals surface area (Å²) in [4.78, 5) is 25.1. The molecule has 7 heteroatoms. The van der Waals surface area contributed by atoms with Gasteiger partial charge >= 0.3 is 5.97 Å². The largest absolute Gasteiger partial charge is 0.493 e. The molecule has 138 valence electrons. The van der Waals surface area contributed by atoms with Crippen LogP contribution in [0.3, 0.4) is 0 Å². The second-order valence-electron chi connectivity index (χ2n) is 6.03. The summed E-state index contributed by atoms with van der Waals surface area (Å²) in [7, 11) is 1.59. The molecule has 0 aromatic heterocycles. The quantitative estimate of drug-likeness (QED) is 0.659. The average molecular weight is 350 g/mol. The fraction of sp³-hybridized carbons (Fsp3) is 0.556. The molecular formula is C18H26N2O5. The maximum atomic E-state index is 12.1. The molecule has 0 spiro atoms. The summed E-state index contributed by atoms with van der Waals surface area (Å²) in [6.45, 7) is 4.21. The van der Waals surface area contributed by atoms with E-state index in [-0.39, 0.29) is 12.3 Å². The Balaban J connectivity index is 2.21. The maximum Gasteiger partial charge on any atom is 0.305 e. The second-order valence-corrected chi connectivity index (χ2v) is 6.03. The number of amides is 1. The summed E-state index contributed by atoms with van der Waals surface area (Å²) in [5.41, 5.74) is 0.889. The van der Waals surface area contributed by atoms with Crippen LogP contribution in [0.25, 0.3) is 0 Å². The molecule has 1 amide bonds. The van der Waals surface area contributed by atoms with Gasteiger partial charge in [0, 0.05) is 25.2 Å². The Morgan fingerprint density at radius 3 is 2.92 bits per heavy atom. The predicted molar refractivity (Wildman–Crippen MR) is 92.9 cm³/mol. The van der Waals surface area contributed by atoms with E-state index >= 15 is 0 Å². The molecular weight excluding hydrogens is 324 g/mol. The topological polar surface area (TPSA) is 88.1 Å². The summed E-state index contributed by atoms with van der Waals surface area (Å²) < 4.78 is 11.3. The number of methoxy groups -OCH3 is 1. The standard InChI is InChI=1S/C18H26N2O5/c1-3-4-10-25-17-13(6-5-7-15(17)24-2)12-20-9-8-19-18(23)14(20)11-16(21)22/h5-7,14H,3-4,8-12H2,1-2H3,(H,19,23)(H,21,22). The first-order valence-electron chi connectivity index (χ1n) is 8.59. The number of carbonyl (C=O) groups is 2. The smallest absolute Gasteiger partial charge is 0.305 e. The van der Waals surface area contributed by atoms with E-state index in [1.54, 1.807) is 7.11 Å². The van der Waals surface area contributed by atoms with Crippen LogP contribution < -0.4 is 14.8 Å². The molecule has 7 nitrogen and oxygen atoms in total. The molecule has 0 aliphatic carbocycles. The van der Waals surface area contributed by atoms with Crippen LogP contribution in [0.15, 0.2) is 18.2 Å². The van der Waals surface area contributed by atoms with E-state index in [2.05, 4.69) is 12.2 Å². The molecule has 0 saturated carbocycles. The first kappa shape index (κ1) is 19.1. The van der Waals surface area contributed by atoms with Crippen molar-refractivity contribution in [2.24, 2.45) is 0 Å². The lowest BCUT2D eigenvalue weighted by atomic mass is 10.1. The van der Waals surface area contributed by atoms with Crippen molar-refractivity contribution in [3.05, 3.63) is 23.8 Å². The number of carbonyl (C=O) groups excluding carboxylic acids is 1. The Morgan fingerprint density at radius 2 is 2.24 bits per heavy atom. The van der Waals surface area contributed by atoms with Crippen molar-refractivity contribution in [1.82, 2.24) is 10.2 Å². The van der Waals surface area contributed by atoms with Crippen LogP contribution in [-0.4, -0.2) is 54.7 Å².